The van der Waals surface area contributed by atoms with Crippen LogP contribution >= 0.6 is 0 Å². The molecule has 1 rings (SSSR count). The predicted molar refractivity (Wildman–Crippen MR) is 50.2 cm³/mol. The standard InChI is InChI=1S/C8H19N4/c1-10-8(9)11-4-6-12(2,3)7-5-11/h4-7H2,1-3H3,(H2,9,10)/q+1. The molecule has 2 N–H and O–H groups in total. The van der Waals surface area contributed by atoms with Crippen LogP contribution in [0.25, 0.3) is 0 Å². The number of hydrogen-bond acceptors (Lipinski definition) is 1. The third-order valence-corrected chi connectivity index (χ3v) is 2.50. The van der Waals surface area contributed by atoms with Crippen LogP contribution in [0.4, 0.5) is 0 Å². The summed E-state index contributed by atoms with van der Waals surface area (Å²) in [5.74, 6) is 0.551. The Morgan fingerprint density at radius 2 is 1.83 bits per heavy atom. The topological polar surface area (TPSA) is 39.1 Å². The van der Waals surface area contributed by atoms with Crippen molar-refractivity contribution in [3.8, 4) is 0 Å². The first kappa shape index (κ1) is 9.32. The van der Waals surface area contributed by atoms with Crippen LogP contribution in [-0.2, 0) is 0 Å². The first-order chi connectivity index (χ1) is 5.55. The van der Waals surface area contributed by atoms with Crippen molar-refractivity contribution in [1.29, 1.82) is 5.41 Å². The molecule has 0 aromatic carbocycles. The molecule has 0 aromatic rings. The molecular weight excluding hydrogens is 152 g/mol. The summed E-state index contributed by atoms with van der Waals surface area (Å²) in [7, 11) is 6.28. The molecule has 0 radical (unpaired) electrons. The van der Waals surface area contributed by atoms with Crippen molar-refractivity contribution in [2.75, 3.05) is 47.3 Å². The molecule has 12 heavy (non-hydrogen) atoms. The highest BCUT2D eigenvalue weighted by atomic mass is 15.4. The summed E-state index contributed by atoms with van der Waals surface area (Å²) in [4.78, 5) is 2.09. The van der Waals surface area contributed by atoms with Crippen molar-refractivity contribution in [2.45, 2.75) is 0 Å². The monoisotopic (exact) mass is 171 g/mol. The summed E-state index contributed by atoms with van der Waals surface area (Å²) in [6.45, 7) is 4.24. The SMILES string of the molecule is CNC(=N)N1CC[N+](C)(C)CC1. The summed E-state index contributed by atoms with van der Waals surface area (Å²) >= 11 is 0. The van der Waals surface area contributed by atoms with Gasteiger partial charge in [0.1, 0.15) is 0 Å². The van der Waals surface area contributed by atoms with E-state index in [0.717, 1.165) is 30.7 Å². The number of hydrogen-bond donors (Lipinski definition) is 2. The fourth-order valence-electron chi connectivity index (χ4n) is 1.39. The maximum Gasteiger partial charge on any atom is 0.191 e. The van der Waals surface area contributed by atoms with E-state index in [1.165, 1.54) is 0 Å². The summed E-state index contributed by atoms with van der Waals surface area (Å²) in [6, 6.07) is 0. The Morgan fingerprint density at radius 3 is 2.25 bits per heavy atom. The van der Waals surface area contributed by atoms with Crippen LogP contribution in [0.15, 0.2) is 0 Å². The second-order valence-corrected chi connectivity index (χ2v) is 3.97. The van der Waals surface area contributed by atoms with Gasteiger partial charge in [-0.05, 0) is 0 Å². The first-order valence-corrected chi connectivity index (χ1v) is 4.38. The van der Waals surface area contributed by atoms with Gasteiger partial charge in [0, 0.05) is 7.05 Å². The number of nitrogens with one attached hydrogen (secondary N) is 2. The van der Waals surface area contributed by atoms with Gasteiger partial charge in [-0.3, -0.25) is 5.41 Å². The Bertz CT molecular complexity index is 166. The molecule has 4 nitrogen and oxygen atoms in total. The van der Waals surface area contributed by atoms with Gasteiger partial charge in [0.15, 0.2) is 5.96 Å². The predicted octanol–water partition coefficient (Wildman–Crippen LogP) is -0.467. The highest BCUT2D eigenvalue weighted by molar-refractivity contribution is 5.76. The Kier molecular flexibility index (Phi) is 2.57. The van der Waals surface area contributed by atoms with Crippen molar-refractivity contribution in [3.63, 3.8) is 0 Å². The van der Waals surface area contributed by atoms with Gasteiger partial charge in [0.25, 0.3) is 0 Å². The van der Waals surface area contributed by atoms with Crippen LogP contribution in [0.3, 0.4) is 0 Å². The van der Waals surface area contributed by atoms with Crippen molar-refractivity contribution < 1.29 is 4.48 Å². The smallest absolute Gasteiger partial charge is 0.191 e. The van der Waals surface area contributed by atoms with Crippen molar-refractivity contribution in [1.82, 2.24) is 10.2 Å². The number of guanidine groups is 1. The van der Waals surface area contributed by atoms with E-state index in [2.05, 4.69) is 24.3 Å². The fourth-order valence-corrected chi connectivity index (χ4v) is 1.39. The number of rotatable bonds is 0. The summed E-state index contributed by atoms with van der Waals surface area (Å²) < 4.78 is 1.08. The number of likely N-dealkylation sites (N-methyl/N-ethyl adjacent to an activating group) is 1. The first-order valence-electron chi connectivity index (χ1n) is 4.38. The second kappa shape index (κ2) is 3.31. The fraction of sp³-hybridized carbons (Fsp3) is 0.875. The molecule has 0 aromatic heterocycles. The molecule has 0 aliphatic carbocycles. The maximum atomic E-state index is 7.57. The maximum absolute atomic E-state index is 7.57. The number of nitrogens with zero attached hydrogens (tertiary/aromatic N) is 2. The molecule has 1 fully saturated rings. The van der Waals surface area contributed by atoms with Crippen LogP contribution in [0.5, 0.6) is 0 Å². The van der Waals surface area contributed by atoms with Crippen LogP contribution in [0.1, 0.15) is 0 Å². The van der Waals surface area contributed by atoms with Crippen molar-refractivity contribution >= 4 is 5.96 Å². The summed E-state index contributed by atoms with van der Waals surface area (Å²) in [5.41, 5.74) is 0. The molecule has 0 bridgehead atoms. The van der Waals surface area contributed by atoms with Crippen molar-refractivity contribution in [3.05, 3.63) is 0 Å². The highest BCUT2D eigenvalue weighted by Crippen LogP contribution is 2.05. The van der Waals surface area contributed by atoms with Gasteiger partial charge in [-0.1, -0.05) is 0 Å². The van der Waals surface area contributed by atoms with Crippen LogP contribution in [0, 0.1) is 5.41 Å². The molecule has 0 unspecified atom stereocenters. The largest absolute Gasteiger partial charge is 0.359 e. The molecule has 1 heterocycles. The molecule has 0 saturated carbocycles. The van der Waals surface area contributed by atoms with Gasteiger partial charge >= 0.3 is 0 Å². The number of piperazine rings is 1. The number of quaternary nitrogens is 1. The molecule has 1 aliphatic heterocycles. The minimum absolute atomic E-state index is 0.551. The summed E-state index contributed by atoms with van der Waals surface area (Å²) in [5, 5.41) is 10.4. The zero-order chi connectivity index (χ0) is 9.19. The van der Waals surface area contributed by atoms with E-state index in [4.69, 9.17) is 5.41 Å². The normalized spacial score (nSPS) is 22.1. The van der Waals surface area contributed by atoms with Crippen LogP contribution < -0.4 is 5.32 Å². The molecule has 1 aliphatic rings. The van der Waals surface area contributed by atoms with E-state index in [9.17, 15) is 0 Å². The Labute approximate surface area is 74.3 Å². The average molecular weight is 171 g/mol. The molecule has 70 valence electrons. The van der Waals surface area contributed by atoms with Gasteiger partial charge in [0.2, 0.25) is 0 Å². The van der Waals surface area contributed by atoms with E-state index in [1.807, 2.05) is 0 Å². The van der Waals surface area contributed by atoms with Crippen molar-refractivity contribution in [2.24, 2.45) is 0 Å². The molecule has 0 amide bonds. The van der Waals surface area contributed by atoms with Gasteiger partial charge in [0.05, 0.1) is 40.3 Å². The van der Waals surface area contributed by atoms with Gasteiger partial charge in [-0.15, -0.1) is 0 Å². The lowest BCUT2D eigenvalue weighted by atomic mass is 10.3. The molecule has 1 saturated heterocycles. The zero-order valence-electron chi connectivity index (χ0n) is 8.22. The van der Waals surface area contributed by atoms with E-state index in [0.29, 0.717) is 5.96 Å². The minimum Gasteiger partial charge on any atom is -0.359 e. The Hall–Kier alpha value is -0.770. The van der Waals surface area contributed by atoms with E-state index < -0.39 is 0 Å². The average Bonchev–Trinajstić information content (AvgIpc) is 2.03. The van der Waals surface area contributed by atoms with E-state index in [1.54, 1.807) is 7.05 Å². The molecule has 4 heteroatoms. The molecule has 0 atom stereocenters. The lowest BCUT2D eigenvalue weighted by Crippen LogP contribution is -2.57. The van der Waals surface area contributed by atoms with E-state index >= 15 is 0 Å². The van der Waals surface area contributed by atoms with Gasteiger partial charge in [-0.2, -0.15) is 0 Å². The van der Waals surface area contributed by atoms with Crippen LogP contribution in [0.2, 0.25) is 0 Å². The third-order valence-electron chi connectivity index (χ3n) is 2.50. The third kappa shape index (κ3) is 2.11. The Balaban J connectivity index is 2.41. The van der Waals surface area contributed by atoms with Gasteiger partial charge < -0.3 is 14.7 Å². The van der Waals surface area contributed by atoms with Gasteiger partial charge in [-0.25, -0.2) is 0 Å². The second-order valence-electron chi connectivity index (χ2n) is 3.97. The van der Waals surface area contributed by atoms with E-state index in [-0.39, 0.29) is 0 Å². The molecular formula is C8H19N4+. The quantitative estimate of drug-likeness (QED) is 0.294. The highest BCUT2D eigenvalue weighted by Gasteiger charge is 2.24. The summed E-state index contributed by atoms with van der Waals surface area (Å²) in [6.07, 6.45) is 0. The zero-order valence-corrected chi connectivity index (χ0v) is 8.22. The lowest BCUT2D eigenvalue weighted by molar-refractivity contribution is -0.894. The minimum atomic E-state index is 0.551. The lowest BCUT2D eigenvalue weighted by Gasteiger charge is -2.39. The Morgan fingerprint density at radius 1 is 1.33 bits per heavy atom. The molecule has 0 spiro atoms. The van der Waals surface area contributed by atoms with Crippen LogP contribution in [-0.4, -0.2) is 62.7 Å².